The number of carbonyl (C=O) groups is 1. The average Bonchev–Trinajstić information content (AvgIpc) is 3.40. The van der Waals surface area contributed by atoms with Gasteiger partial charge >= 0.3 is 5.57 Å². The Morgan fingerprint density at radius 3 is 2.53 bits per heavy atom. The van der Waals surface area contributed by atoms with Crippen molar-refractivity contribution in [1.29, 1.82) is 0 Å². The number of benzene rings is 1. The lowest BCUT2D eigenvalue weighted by molar-refractivity contribution is -0.0964. The van der Waals surface area contributed by atoms with Crippen LogP contribution in [-0.2, 0) is 7.05 Å². The Morgan fingerprint density at radius 1 is 1.18 bits per heavy atom. The summed E-state index contributed by atoms with van der Waals surface area (Å²) >= 11 is 4.77. The first-order valence-corrected chi connectivity index (χ1v) is 11.1. The lowest BCUT2D eigenvalue weighted by Crippen LogP contribution is -2.24. The monoisotopic (exact) mass is 486 g/mol. The van der Waals surface area contributed by atoms with E-state index in [1.54, 1.807) is 19.3 Å². The van der Waals surface area contributed by atoms with E-state index in [-0.39, 0.29) is 11.3 Å². The summed E-state index contributed by atoms with van der Waals surface area (Å²) in [5.41, 5.74) is -1.90. The molecule has 5 rings (SSSR count). The number of alkyl halides is 3. The van der Waals surface area contributed by atoms with Gasteiger partial charge < -0.3 is 19.5 Å². The SMILES string of the molecule is Cn1ccc(-c2cc(C(=O)Nc3ccc(OC(F)(F)Cl)cc3)cnc2N2CC3CC3C2)cc1=O. The van der Waals surface area contributed by atoms with Gasteiger partial charge in [0.05, 0.1) is 5.56 Å². The number of amides is 1. The molecule has 2 unspecified atom stereocenters. The van der Waals surface area contributed by atoms with E-state index in [9.17, 15) is 18.4 Å². The number of rotatable bonds is 6. The molecule has 1 saturated heterocycles. The summed E-state index contributed by atoms with van der Waals surface area (Å²) in [4.78, 5) is 32.0. The van der Waals surface area contributed by atoms with Crippen LogP contribution in [-0.4, -0.2) is 34.1 Å². The fourth-order valence-electron chi connectivity index (χ4n) is 4.28. The second-order valence-corrected chi connectivity index (χ2v) is 9.09. The third-order valence-corrected chi connectivity index (χ3v) is 6.25. The number of nitrogens with zero attached hydrogens (tertiary/aromatic N) is 3. The molecule has 1 amide bonds. The molecule has 2 atom stereocenters. The van der Waals surface area contributed by atoms with Crippen molar-refractivity contribution in [3.05, 3.63) is 70.8 Å². The quantitative estimate of drug-likeness (QED) is 0.525. The van der Waals surface area contributed by atoms with Gasteiger partial charge in [0.1, 0.15) is 11.6 Å². The van der Waals surface area contributed by atoms with Crippen molar-refractivity contribution >= 4 is 29.0 Å². The van der Waals surface area contributed by atoms with Crippen LogP contribution in [0.5, 0.6) is 5.75 Å². The zero-order chi connectivity index (χ0) is 24.0. The maximum atomic E-state index is 12.9. The number of pyridine rings is 2. The molecule has 7 nitrogen and oxygen atoms in total. The molecule has 1 aliphatic carbocycles. The van der Waals surface area contributed by atoms with E-state index < -0.39 is 11.5 Å². The summed E-state index contributed by atoms with van der Waals surface area (Å²) in [5, 5.41) is 2.72. The molecule has 0 bridgehead atoms. The first-order valence-electron chi connectivity index (χ1n) is 10.8. The number of halogens is 3. The van der Waals surface area contributed by atoms with Crippen molar-refractivity contribution in [1.82, 2.24) is 9.55 Å². The first kappa shape index (κ1) is 22.3. The van der Waals surface area contributed by atoms with Crippen LogP contribution in [0.15, 0.2) is 59.7 Å². The van der Waals surface area contributed by atoms with Gasteiger partial charge in [-0.2, -0.15) is 0 Å². The fourth-order valence-corrected chi connectivity index (χ4v) is 4.37. The van der Waals surface area contributed by atoms with E-state index in [4.69, 9.17) is 11.6 Å². The number of anilines is 2. The minimum atomic E-state index is -3.82. The molecule has 2 aliphatic rings. The zero-order valence-electron chi connectivity index (χ0n) is 18.2. The van der Waals surface area contributed by atoms with Crippen molar-refractivity contribution in [2.45, 2.75) is 12.0 Å². The molecule has 1 aliphatic heterocycles. The van der Waals surface area contributed by atoms with Crippen molar-refractivity contribution in [3.8, 4) is 16.9 Å². The molecule has 1 N–H and O–H groups in total. The Hall–Kier alpha value is -3.46. The van der Waals surface area contributed by atoms with E-state index in [2.05, 4.69) is 19.9 Å². The van der Waals surface area contributed by atoms with Gasteiger partial charge in [0.25, 0.3) is 11.5 Å². The molecule has 1 saturated carbocycles. The van der Waals surface area contributed by atoms with E-state index in [0.717, 1.165) is 18.9 Å². The van der Waals surface area contributed by atoms with Gasteiger partial charge in [0, 0.05) is 61.4 Å². The summed E-state index contributed by atoms with van der Waals surface area (Å²) in [5.74, 6) is 1.56. The second kappa shape index (κ2) is 8.39. The van der Waals surface area contributed by atoms with E-state index >= 15 is 0 Å². The van der Waals surface area contributed by atoms with Crippen LogP contribution in [0.1, 0.15) is 16.8 Å². The minimum Gasteiger partial charge on any atom is -0.420 e. The number of carbonyl (C=O) groups excluding carboxylic acids is 1. The number of piperidine rings is 1. The summed E-state index contributed by atoms with van der Waals surface area (Å²) in [6.45, 7) is 1.83. The predicted octanol–water partition coefficient (Wildman–Crippen LogP) is 4.32. The second-order valence-electron chi connectivity index (χ2n) is 8.65. The third kappa shape index (κ3) is 4.75. The number of aromatic nitrogens is 2. The Balaban J connectivity index is 1.42. The van der Waals surface area contributed by atoms with E-state index in [1.165, 1.54) is 47.5 Å². The lowest BCUT2D eigenvalue weighted by Gasteiger charge is -2.23. The maximum Gasteiger partial charge on any atom is 0.487 e. The van der Waals surface area contributed by atoms with E-state index in [0.29, 0.717) is 34.2 Å². The molecule has 3 aromatic rings. The molecular weight excluding hydrogens is 466 g/mol. The summed E-state index contributed by atoms with van der Waals surface area (Å²) < 4.78 is 31.3. The molecule has 1 aromatic carbocycles. The zero-order valence-corrected chi connectivity index (χ0v) is 18.9. The highest BCUT2D eigenvalue weighted by Crippen LogP contribution is 2.47. The molecule has 0 spiro atoms. The molecule has 0 radical (unpaired) electrons. The molecule has 2 fully saturated rings. The fraction of sp³-hybridized carbons (Fsp3) is 0.292. The van der Waals surface area contributed by atoms with Gasteiger partial charge in [-0.05, 0) is 60.2 Å². The number of ether oxygens (including phenoxy) is 1. The van der Waals surface area contributed by atoms with Crippen LogP contribution in [0.2, 0.25) is 0 Å². The maximum absolute atomic E-state index is 12.9. The van der Waals surface area contributed by atoms with Crippen molar-refractivity contribution in [3.63, 3.8) is 0 Å². The number of fused-ring (bicyclic) bond motifs is 1. The Bertz CT molecular complexity index is 1300. The van der Waals surface area contributed by atoms with Gasteiger partial charge in [0.2, 0.25) is 0 Å². The average molecular weight is 487 g/mol. The molecule has 10 heteroatoms. The largest absolute Gasteiger partial charge is 0.487 e. The lowest BCUT2D eigenvalue weighted by atomic mass is 10.0. The van der Waals surface area contributed by atoms with Crippen molar-refractivity contribution < 1.29 is 18.3 Å². The van der Waals surface area contributed by atoms with Gasteiger partial charge in [-0.15, -0.1) is 8.78 Å². The summed E-state index contributed by atoms with van der Waals surface area (Å²) in [6.07, 6.45) is 4.43. The number of aryl methyl sites for hydroxylation is 1. The van der Waals surface area contributed by atoms with Crippen LogP contribution in [0.4, 0.5) is 20.3 Å². The number of hydrogen-bond acceptors (Lipinski definition) is 5. The van der Waals surface area contributed by atoms with Crippen LogP contribution in [0.25, 0.3) is 11.1 Å². The number of hydrogen-bond donors (Lipinski definition) is 1. The van der Waals surface area contributed by atoms with Crippen molar-refractivity contribution in [2.24, 2.45) is 18.9 Å². The number of nitrogens with one attached hydrogen (secondary N) is 1. The summed E-state index contributed by atoms with van der Waals surface area (Å²) in [6, 6.07) is 10.5. The van der Waals surface area contributed by atoms with Gasteiger partial charge in [-0.3, -0.25) is 9.59 Å². The van der Waals surface area contributed by atoms with Gasteiger partial charge in [0.15, 0.2) is 0 Å². The molecule has 34 heavy (non-hydrogen) atoms. The highest BCUT2D eigenvalue weighted by atomic mass is 35.5. The van der Waals surface area contributed by atoms with Crippen LogP contribution in [0.3, 0.4) is 0 Å². The Labute approximate surface area is 198 Å². The third-order valence-electron chi connectivity index (χ3n) is 6.17. The highest BCUT2D eigenvalue weighted by Gasteiger charge is 2.45. The van der Waals surface area contributed by atoms with Gasteiger partial charge in [-0.1, -0.05) is 0 Å². The predicted molar refractivity (Wildman–Crippen MR) is 125 cm³/mol. The van der Waals surface area contributed by atoms with E-state index in [1.807, 2.05) is 6.07 Å². The van der Waals surface area contributed by atoms with Crippen LogP contribution in [0, 0.1) is 11.8 Å². The Morgan fingerprint density at radius 2 is 1.88 bits per heavy atom. The highest BCUT2D eigenvalue weighted by molar-refractivity contribution is 6.20. The minimum absolute atomic E-state index is 0.138. The normalized spacial score (nSPS) is 19.0. The Kier molecular flexibility index (Phi) is 5.51. The van der Waals surface area contributed by atoms with Gasteiger partial charge in [-0.25, -0.2) is 4.98 Å². The van der Waals surface area contributed by atoms with Crippen LogP contribution >= 0.6 is 11.6 Å². The molecular formula is C24H21ClF2N4O3. The standard InChI is InChI=1S/C24H21ClF2N4O3/c1-30-7-6-14(10-21(30)32)20-9-15(11-28-22(20)31-12-16-8-17(16)13-31)23(33)29-18-2-4-19(5-3-18)34-24(25,26)27/h2-7,9-11,16-17H,8,12-13H2,1H3,(H,29,33). The van der Waals surface area contributed by atoms with Crippen LogP contribution < -0.4 is 20.5 Å². The smallest absolute Gasteiger partial charge is 0.420 e. The molecule has 176 valence electrons. The topological polar surface area (TPSA) is 76.5 Å². The molecule has 3 heterocycles. The van der Waals surface area contributed by atoms with Crippen molar-refractivity contribution in [2.75, 3.05) is 23.3 Å². The first-order chi connectivity index (χ1) is 16.2. The summed E-state index contributed by atoms with van der Waals surface area (Å²) in [7, 11) is 1.67. The molecule has 2 aromatic heterocycles.